The fraction of sp³-hybridized carbons (Fsp3) is 0.381. The number of rotatable bonds is 8. The molecule has 0 aliphatic rings. The Balaban J connectivity index is 1.96. The maximum atomic E-state index is 13.2. The maximum absolute atomic E-state index is 13.2. The summed E-state index contributed by atoms with van der Waals surface area (Å²) in [5.41, 5.74) is 2.41. The molecule has 0 N–H and O–H groups in total. The highest BCUT2D eigenvalue weighted by atomic mass is 32.2. The van der Waals surface area contributed by atoms with Gasteiger partial charge in [-0.1, -0.05) is 43.3 Å². The molecule has 0 unspecified atom stereocenters. The van der Waals surface area contributed by atoms with Crippen LogP contribution in [0, 0.1) is 6.92 Å². The zero-order chi connectivity index (χ0) is 20.1. The van der Waals surface area contributed by atoms with Crippen molar-refractivity contribution in [3.63, 3.8) is 0 Å². The van der Waals surface area contributed by atoms with Gasteiger partial charge in [-0.15, -0.1) is 11.3 Å². The van der Waals surface area contributed by atoms with Gasteiger partial charge in [-0.05, 0) is 43.3 Å². The Labute approximate surface area is 173 Å². The molecule has 5 nitrogen and oxygen atoms in total. The third-order valence-corrected chi connectivity index (χ3v) is 6.46. The molecule has 28 heavy (non-hydrogen) atoms. The Hall–Kier alpha value is -2.12. The van der Waals surface area contributed by atoms with Crippen molar-refractivity contribution < 1.29 is 4.79 Å². The molecule has 148 valence electrons. The lowest BCUT2D eigenvalue weighted by molar-refractivity contribution is -0.128. The number of aromatic nitrogens is 2. The third-order valence-electron chi connectivity index (χ3n) is 4.65. The molecule has 7 heteroatoms. The topological polar surface area (TPSA) is 55.2 Å². The van der Waals surface area contributed by atoms with Crippen molar-refractivity contribution in [3.05, 3.63) is 51.6 Å². The van der Waals surface area contributed by atoms with Crippen molar-refractivity contribution >= 4 is 39.2 Å². The van der Waals surface area contributed by atoms with E-state index >= 15 is 0 Å². The van der Waals surface area contributed by atoms with Crippen LogP contribution in [0.1, 0.15) is 32.3 Å². The predicted molar refractivity (Wildman–Crippen MR) is 118 cm³/mol. The smallest absolute Gasteiger partial charge is 0.276 e. The lowest BCUT2D eigenvalue weighted by Gasteiger charge is -2.21. The lowest BCUT2D eigenvalue weighted by Crippen LogP contribution is -2.33. The summed E-state index contributed by atoms with van der Waals surface area (Å²) in [4.78, 5) is 32.4. The van der Waals surface area contributed by atoms with Crippen molar-refractivity contribution in [3.8, 4) is 5.69 Å². The van der Waals surface area contributed by atoms with Crippen LogP contribution >= 0.6 is 23.1 Å². The number of carbonyl (C=O) groups is 1. The summed E-state index contributed by atoms with van der Waals surface area (Å²) < 4.78 is 2.28. The Morgan fingerprint density at radius 3 is 2.75 bits per heavy atom. The van der Waals surface area contributed by atoms with Crippen LogP contribution in [0.3, 0.4) is 0 Å². The van der Waals surface area contributed by atoms with E-state index in [0.717, 1.165) is 30.6 Å². The number of amides is 1. The first-order valence-electron chi connectivity index (χ1n) is 9.53. The van der Waals surface area contributed by atoms with Gasteiger partial charge < -0.3 is 4.90 Å². The SMILES string of the molecule is CCCCN(CC)C(=O)CSc1nc2ccsc2c(=O)n1-c1ccccc1C. The normalized spacial score (nSPS) is 11.1. The number of nitrogens with zero attached hydrogens (tertiary/aromatic N) is 3. The largest absolute Gasteiger partial charge is 0.342 e. The van der Waals surface area contributed by atoms with E-state index in [1.165, 1.54) is 23.1 Å². The van der Waals surface area contributed by atoms with Crippen molar-refractivity contribution in [2.75, 3.05) is 18.8 Å². The number of para-hydroxylation sites is 1. The van der Waals surface area contributed by atoms with Crippen LogP contribution in [0.5, 0.6) is 0 Å². The predicted octanol–water partition coefficient (Wildman–Crippen LogP) is 4.50. The van der Waals surface area contributed by atoms with Crippen LogP contribution in [0.2, 0.25) is 0 Å². The summed E-state index contributed by atoms with van der Waals surface area (Å²) in [5.74, 6) is 0.350. The van der Waals surface area contributed by atoms with Crippen molar-refractivity contribution in [2.24, 2.45) is 0 Å². The van der Waals surface area contributed by atoms with E-state index in [0.29, 0.717) is 21.9 Å². The average Bonchev–Trinajstić information content (AvgIpc) is 3.17. The molecule has 3 rings (SSSR count). The number of thioether (sulfide) groups is 1. The molecule has 0 aliphatic carbocycles. The van der Waals surface area contributed by atoms with Gasteiger partial charge in [0.25, 0.3) is 5.56 Å². The second-order valence-corrected chi connectivity index (χ2v) is 8.43. The fourth-order valence-corrected chi connectivity index (χ4v) is 4.71. The molecule has 0 radical (unpaired) electrons. The highest BCUT2D eigenvalue weighted by Crippen LogP contribution is 2.25. The van der Waals surface area contributed by atoms with Crippen LogP contribution in [-0.2, 0) is 4.79 Å². The van der Waals surface area contributed by atoms with Crippen molar-refractivity contribution in [1.29, 1.82) is 0 Å². The van der Waals surface area contributed by atoms with E-state index in [1.54, 1.807) is 4.57 Å². The van der Waals surface area contributed by atoms with Gasteiger partial charge in [-0.2, -0.15) is 0 Å². The van der Waals surface area contributed by atoms with E-state index in [9.17, 15) is 9.59 Å². The number of unbranched alkanes of at least 4 members (excludes halogenated alkanes) is 1. The minimum atomic E-state index is -0.0809. The van der Waals surface area contributed by atoms with Crippen LogP contribution in [-0.4, -0.2) is 39.2 Å². The number of hydrogen-bond donors (Lipinski definition) is 0. The molecule has 0 fully saturated rings. The maximum Gasteiger partial charge on any atom is 0.276 e. The number of hydrogen-bond acceptors (Lipinski definition) is 5. The molecule has 3 aromatic rings. The number of carbonyl (C=O) groups excluding carboxylic acids is 1. The van der Waals surface area contributed by atoms with Gasteiger partial charge in [0.1, 0.15) is 4.70 Å². The van der Waals surface area contributed by atoms with E-state index in [1.807, 2.05) is 54.5 Å². The van der Waals surface area contributed by atoms with Gasteiger partial charge in [0.15, 0.2) is 5.16 Å². The number of benzene rings is 1. The zero-order valence-corrected chi connectivity index (χ0v) is 18.1. The standard InChI is InChI=1S/C21H25N3O2S2/c1-4-6-12-23(5-2)18(25)14-28-21-22-16-11-13-27-19(16)20(26)24(21)17-10-8-7-9-15(17)3/h7-11,13H,4-6,12,14H2,1-3H3. The highest BCUT2D eigenvalue weighted by Gasteiger charge is 2.18. The average molecular weight is 416 g/mol. The summed E-state index contributed by atoms with van der Waals surface area (Å²) in [6, 6.07) is 9.61. The van der Waals surface area contributed by atoms with Gasteiger partial charge in [-0.25, -0.2) is 4.98 Å². The summed E-state index contributed by atoms with van der Waals surface area (Å²) >= 11 is 2.73. The van der Waals surface area contributed by atoms with E-state index < -0.39 is 0 Å². The second-order valence-electron chi connectivity index (χ2n) is 6.57. The van der Waals surface area contributed by atoms with Crippen molar-refractivity contribution in [1.82, 2.24) is 14.5 Å². The van der Waals surface area contributed by atoms with Gasteiger partial charge in [0, 0.05) is 13.1 Å². The van der Waals surface area contributed by atoms with Crippen LogP contribution in [0.15, 0.2) is 45.7 Å². The Morgan fingerprint density at radius 2 is 2.04 bits per heavy atom. The molecule has 0 atom stereocenters. The lowest BCUT2D eigenvalue weighted by atomic mass is 10.2. The summed E-state index contributed by atoms with van der Waals surface area (Å²) in [7, 11) is 0. The number of aryl methyl sites for hydroxylation is 1. The van der Waals surface area contributed by atoms with Crippen LogP contribution in [0.4, 0.5) is 0 Å². The van der Waals surface area contributed by atoms with Gasteiger partial charge >= 0.3 is 0 Å². The minimum absolute atomic E-state index is 0.0805. The summed E-state index contributed by atoms with van der Waals surface area (Å²) in [6.45, 7) is 7.56. The molecule has 0 bridgehead atoms. The fourth-order valence-electron chi connectivity index (χ4n) is 3.04. The molecular weight excluding hydrogens is 390 g/mol. The van der Waals surface area contributed by atoms with Crippen LogP contribution in [0.25, 0.3) is 15.9 Å². The molecule has 2 aromatic heterocycles. The first-order valence-corrected chi connectivity index (χ1v) is 11.4. The third kappa shape index (κ3) is 4.31. The Morgan fingerprint density at radius 1 is 1.25 bits per heavy atom. The summed E-state index contributed by atoms with van der Waals surface area (Å²) in [5, 5.41) is 2.44. The molecule has 0 saturated heterocycles. The molecule has 1 aromatic carbocycles. The molecule has 1 amide bonds. The second kappa shape index (κ2) is 9.39. The minimum Gasteiger partial charge on any atom is -0.342 e. The van der Waals surface area contributed by atoms with Crippen LogP contribution < -0.4 is 5.56 Å². The monoisotopic (exact) mass is 415 g/mol. The van der Waals surface area contributed by atoms with Crippen molar-refractivity contribution in [2.45, 2.75) is 38.8 Å². The number of thiophene rings is 1. The van der Waals surface area contributed by atoms with E-state index in [4.69, 9.17) is 4.98 Å². The zero-order valence-electron chi connectivity index (χ0n) is 16.5. The first kappa shape index (κ1) is 20.6. The molecule has 0 spiro atoms. The van der Waals surface area contributed by atoms with Gasteiger partial charge in [-0.3, -0.25) is 14.2 Å². The first-order chi connectivity index (χ1) is 13.6. The van der Waals surface area contributed by atoms with Gasteiger partial charge in [0.2, 0.25) is 5.91 Å². The Kier molecular flexibility index (Phi) is 6.91. The summed E-state index contributed by atoms with van der Waals surface area (Å²) in [6.07, 6.45) is 2.05. The van der Waals surface area contributed by atoms with E-state index in [2.05, 4.69) is 6.92 Å². The molecule has 2 heterocycles. The number of fused-ring (bicyclic) bond motifs is 1. The molecular formula is C21H25N3O2S2. The van der Waals surface area contributed by atoms with Gasteiger partial charge in [0.05, 0.1) is 17.0 Å². The molecule has 0 saturated carbocycles. The quantitative estimate of drug-likeness (QED) is 0.402. The van der Waals surface area contributed by atoms with E-state index in [-0.39, 0.29) is 17.2 Å². The Bertz CT molecular complexity index is 1030. The highest BCUT2D eigenvalue weighted by molar-refractivity contribution is 7.99. The molecule has 0 aliphatic heterocycles.